The van der Waals surface area contributed by atoms with E-state index in [1.807, 2.05) is 60.8 Å². The first-order valence-corrected chi connectivity index (χ1v) is 12.4. The zero-order valence-electron chi connectivity index (χ0n) is 20.0. The molecule has 9 heteroatoms. The van der Waals surface area contributed by atoms with Crippen molar-refractivity contribution >= 4 is 22.1 Å². The molecule has 0 amide bonds. The van der Waals surface area contributed by atoms with Crippen molar-refractivity contribution in [2.75, 3.05) is 13.1 Å². The van der Waals surface area contributed by atoms with E-state index < -0.39 is 0 Å². The van der Waals surface area contributed by atoms with Gasteiger partial charge >= 0.3 is 0 Å². The Hall–Kier alpha value is -4.63. The quantitative estimate of drug-likeness (QED) is 0.320. The van der Waals surface area contributed by atoms with E-state index in [0.29, 0.717) is 11.5 Å². The molecule has 5 aromatic heterocycles. The standard InChI is InChI=1S/C28H24N8O/c1-2-11-31-22(5-1)20-4-3-6-23-25(20)34-28(33-23)27-26-24(35-36-27)8-7-21(32-26)17-14-19(16-30-15-17)37-18-9-12-29-13-10-18/h1-8,11,14-16,18,29H,9-10,12-13H2,(H,33,34)(H,35,36). The van der Waals surface area contributed by atoms with Crippen LogP contribution in [0.2, 0.25) is 0 Å². The van der Waals surface area contributed by atoms with Gasteiger partial charge in [0.15, 0.2) is 11.5 Å². The van der Waals surface area contributed by atoms with Crippen molar-refractivity contribution < 1.29 is 4.74 Å². The van der Waals surface area contributed by atoms with Crippen molar-refractivity contribution in [2.45, 2.75) is 18.9 Å². The number of aromatic nitrogens is 7. The molecule has 0 unspecified atom stereocenters. The van der Waals surface area contributed by atoms with Crippen molar-refractivity contribution in [3.8, 4) is 39.8 Å². The largest absolute Gasteiger partial charge is 0.489 e. The maximum atomic E-state index is 6.20. The molecule has 6 heterocycles. The van der Waals surface area contributed by atoms with Gasteiger partial charge in [0.05, 0.1) is 34.1 Å². The second-order valence-electron chi connectivity index (χ2n) is 9.14. The second kappa shape index (κ2) is 9.11. The van der Waals surface area contributed by atoms with Crippen LogP contribution in [0, 0.1) is 0 Å². The molecule has 0 spiro atoms. The van der Waals surface area contributed by atoms with E-state index in [2.05, 4.69) is 30.5 Å². The van der Waals surface area contributed by atoms with E-state index in [9.17, 15) is 0 Å². The summed E-state index contributed by atoms with van der Waals surface area (Å²) in [5.74, 6) is 1.41. The minimum absolute atomic E-state index is 0.207. The predicted octanol–water partition coefficient (Wildman–Crippen LogP) is 4.76. The Balaban J connectivity index is 1.26. The van der Waals surface area contributed by atoms with Crippen LogP contribution in [-0.2, 0) is 0 Å². The van der Waals surface area contributed by atoms with Crippen LogP contribution in [-0.4, -0.2) is 54.3 Å². The number of nitrogens with zero attached hydrogens (tertiary/aromatic N) is 5. The Morgan fingerprint density at radius 1 is 0.838 bits per heavy atom. The molecule has 1 aromatic carbocycles. The van der Waals surface area contributed by atoms with Crippen LogP contribution >= 0.6 is 0 Å². The number of piperidine rings is 1. The normalized spacial score (nSPS) is 14.4. The molecular weight excluding hydrogens is 464 g/mol. The van der Waals surface area contributed by atoms with Gasteiger partial charge in [-0.3, -0.25) is 15.1 Å². The van der Waals surface area contributed by atoms with Crippen molar-refractivity contribution in [1.29, 1.82) is 0 Å². The molecule has 3 N–H and O–H groups in total. The molecule has 0 radical (unpaired) electrons. The van der Waals surface area contributed by atoms with Gasteiger partial charge in [-0.25, -0.2) is 9.97 Å². The molecule has 1 aliphatic rings. The van der Waals surface area contributed by atoms with E-state index in [0.717, 1.165) is 76.3 Å². The highest BCUT2D eigenvalue weighted by molar-refractivity contribution is 5.95. The Bertz CT molecular complexity index is 1700. The average Bonchev–Trinajstić information content (AvgIpc) is 3.58. The summed E-state index contributed by atoms with van der Waals surface area (Å²) in [6.45, 7) is 1.95. The lowest BCUT2D eigenvalue weighted by atomic mass is 10.1. The summed E-state index contributed by atoms with van der Waals surface area (Å²) in [6.07, 6.45) is 7.55. The van der Waals surface area contributed by atoms with E-state index in [-0.39, 0.29) is 6.10 Å². The first-order chi connectivity index (χ1) is 18.3. The summed E-state index contributed by atoms with van der Waals surface area (Å²) in [4.78, 5) is 22.2. The minimum atomic E-state index is 0.207. The van der Waals surface area contributed by atoms with Crippen LogP contribution in [0.25, 0.3) is 56.1 Å². The van der Waals surface area contributed by atoms with Crippen LogP contribution < -0.4 is 10.1 Å². The smallest absolute Gasteiger partial charge is 0.161 e. The lowest BCUT2D eigenvalue weighted by Gasteiger charge is -2.23. The van der Waals surface area contributed by atoms with Crippen molar-refractivity contribution in [1.82, 2.24) is 40.4 Å². The number of imidazole rings is 1. The molecule has 37 heavy (non-hydrogen) atoms. The monoisotopic (exact) mass is 488 g/mol. The zero-order chi connectivity index (χ0) is 24.6. The number of hydrogen-bond acceptors (Lipinski definition) is 7. The molecule has 1 fully saturated rings. The van der Waals surface area contributed by atoms with E-state index >= 15 is 0 Å². The van der Waals surface area contributed by atoms with Gasteiger partial charge in [0.1, 0.15) is 17.4 Å². The minimum Gasteiger partial charge on any atom is -0.489 e. The summed E-state index contributed by atoms with van der Waals surface area (Å²) >= 11 is 0. The molecule has 0 bridgehead atoms. The Morgan fingerprint density at radius 2 is 1.78 bits per heavy atom. The molecule has 0 saturated carbocycles. The van der Waals surface area contributed by atoms with Crippen LogP contribution in [0.4, 0.5) is 0 Å². The SMILES string of the molecule is c1ccc(-c2cccc3[nH]c(-c4n[nH]c5ccc(-c6cncc(OC7CCNCC7)c6)nc45)nc23)nc1. The summed E-state index contributed by atoms with van der Waals surface area (Å²) < 4.78 is 6.20. The topological polar surface area (TPSA) is 117 Å². The molecule has 7 rings (SSSR count). The van der Waals surface area contributed by atoms with E-state index in [4.69, 9.17) is 14.7 Å². The Morgan fingerprint density at radius 3 is 2.68 bits per heavy atom. The van der Waals surface area contributed by atoms with Crippen molar-refractivity contribution in [2.24, 2.45) is 0 Å². The average molecular weight is 489 g/mol. The third kappa shape index (κ3) is 4.09. The highest BCUT2D eigenvalue weighted by Crippen LogP contribution is 2.31. The Kier molecular flexibility index (Phi) is 5.32. The van der Waals surface area contributed by atoms with Crippen LogP contribution in [0.15, 0.2) is 73.2 Å². The maximum absolute atomic E-state index is 6.20. The summed E-state index contributed by atoms with van der Waals surface area (Å²) in [6, 6.07) is 17.8. The first-order valence-electron chi connectivity index (χ1n) is 12.4. The molecule has 1 saturated heterocycles. The van der Waals surface area contributed by atoms with Gasteiger partial charge in [0.2, 0.25) is 0 Å². The van der Waals surface area contributed by atoms with Gasteiger partial charge in [-0.1, -0.05) is 18.2 Å². The molecule has 0 atom stereocenters. The number of pyridine rings is 3. The number of fused-ring (bicyclic) bond motifs is 2. The summed E-state index contributed by atoms with van der Waals surface area (Å²) in [7, 11) is 0. The maximum Gasteiger partial charge on any atom is 0.161 e. The summed E-state index contributed by atoms with van der Waals surface area (Å²) in [5.41, 5.74) is 7.51. The molecule has 6 aromatic rings. The molecule has 0 aliphatic carbocycles. The lowest BCUT2D eigenvalue weighted by Crippen LogP contribution is -2.34. The van der Waals surface area contributed by atoms with Gasteiger partial charge in [0.25, 0.3) is 0 Å². The predicted molar refractivity (Wildman–Crippen MR) is 142 cm³/mol. The molecular formula is C28H24N8O. The molecule has 182 valence electrons. The van der Waals surface area contributed by atoms with Gasteiger partial charge < -0.3 is 15.0 Å². The number of nitrogens with one attached hydrogen (secondary N) is 3. The first kappa shape index (κ1) is 21.6. The van der Waals surface area contributed by atoms with E-state index in [1.54, 1.807) is 12.4 Å². The number of ether oxygens (including phenoxy) is 1. The number of hydrogen-bond donors (Lipinski definition) is 3. The third-order valence-electron chi connectivity index (χ3n) is 6.68. The number of rotatable bonds is 5. The number of aromatic amines is 2. The van der Waals surface area contributed by atoms with Gasteiger partial charge in [0, 0.05) is 23.5 Å². The van der Waals surface area contributed by atoms with E-state index in [1.165, 1.54) is 0 Å². The zero-order valence-corrected chi connectivity index (χ0v) is 20.0. The lowest BCUT2D eigenvalue weighted by molar-refractivity contribution is 0.162. The number of benzene rings is 1. The fourth-order valence-electron chi connectivity index (χ4n) is 4.83. The van der Waals surface area contributed by atoms with Gasteiger partial charge in [-0.2, -0.15) is 5.10 Å². The van der Waals surface area contributed by atoms with Crippen molar-refractivity contribution in [3.05, 3.63) is 73.2 Å². The van der Waals surface area contributed by atoms with Gasteiger partial charge in [-0.15, -0.1) is 0 Å². The molecule has 9 nitrogen and oxygen atoms in total. The number of para-hydroxylation sites is 1. The highest BCUT2D eigenvalue weighted by atomic mass is 16.5. The summed E-state index contributed by atoms with van der Waals surface area (Å²) in [5, 5.41) is 11.0. The number of H-pyrrole nitrogens is 2. The van der Waals surface area contributed by atoms with Crippen LogP contribution in [0.5, 0.6) is 5.75 Å². The fraction of sp³-hybridized carbons (Fsp3) is 0.179. The Labute approximate surface area is 212 Å². The van der Waals surface area contributed by atoms with Crippen LogP contribution in [0.3, 0.4) is 0 Å². The van der Waals surface area contributed by atoms with Gasteiger partial charge in [-0.05, 0) is 62.3 Å². The third-order valence-corrected chi connectivity index (χ3v) is 6.68. The molecule has 1 aliphatic heterocycles. The second-order valence-corrected chi connectivity index (χ2v) is 9.14. The van der Waals surface area contributed by atoms with Crippen LogP contribution in [0.1, 0.15) is 12.8 Å². The highest BCUT2D eigenvalue weighted by Gasteiger charge is 2.18. The fourth-order valence-corrected chi connectivity index (χ4v) is 4.83. The van der Waals surface area contributed by atoms with Crippen molar-refractivity contribution in [3.63, 3.8) is 0 Å².